The van der Waals surface area contributed by atoms with Crippen molar-refractivity contribution in [1.29, 1.82) is 0 Å². The van der Waals surface area contributed by atoms with Crippen LogP contribution < -0.4 is 4.74 Å². The van der Waals surface area contributed by atoms with Gasteiger partial charge in [-0.15, -0.1) is 0 Å². The Kier molecular flexibility index (Phi) is 3.49. The van der Waals surface area contributed by atoms with Crippen LogP contribution in [0.4, 0.5) is 0 Å². The van der Waals surface area contributed by atoms with Gasteiger partial charge in [0.25, 0.3) is 0 Å². The lowest BCUT2D eigenvalue weighted by Crippen LogP contribution is -2.05. The van der Waals surface area contributed by atoms with E-state index in [1.165, 1.54) is 11.1 Å². The van der Waals surface area contributed by atoms with Crippen molar-refractivity contribution in [2.45, 2.75) is 38.7 Å². The molecule has 0 spiro atoms. The average molecular weight is 220 g/mol. The molecule has 1 N–H and O–H groups in total. The maximum Gasteiger partial charge on any atom is 0.122 e. The number of aliphatic hydroxyl groups excluding tert-OH is 1. The first-order chi connectivity index (χ1) is 7.70. The van der Waals surface area contributed by atoms with E-state index in [1.807, 2.05) is 12.1 Å². The van der Waals surface area contributed by atoms with Crippen LogP contribution in [0.3, 0.4) is 0 Å². The second-order valence-electron chi connectivity index (χ2n) is 4.79. The molecule has 2 nitrogen and oxygen atoms in total. The predicted molar refractivity (Wildman–Crippen MR) is 64.8 cm³/mol. The predicted octanol–water partition coefficient (Wildman–Crippen LogP) is 2.71. The molecule has 2 atom stereocenters. The summed E-state index contributed by atoms with van der Waals surface area (Å²) < 4.78 is 5.40. The first-order valence-corrected chi connectivity index (χ1v) is 6.01. The molecule has 0 bridgehead atoms. The third-order valence-corrected chi connectivity index (χ3v) is 3.59. The minimum absolute atomic E-state index is 0.0833. The van der Waals surface area contributed by atoms with E-state index >= 15 is 0 Å². The molecule has 1 aliphatic rings. The quantitative estimate of drug-likeness (QED) is 0.848. The van der Waals surface area contributed by atoms with Crippen molar-refractivity contribution in [3.8, 4) is 5.75 Å². The lowest BCUT2D eigenvalue weighted by atomic mass is 9.94. The number of methoxy groups -OCH3 is 1. The smallest absolute Gasteiger partial charge is 0.122 e. The Bertz CT molecular complexity index is 360. The van der Waals surface area contributed by atoms with Crippen LogP contribution in [0.1, 0.15) is 30.4 Å². The van der Waals surface area contributed by atoms with Crippen molar-refractivity contribution in [2.75, 3.05) is 7.11 Å². The fourth-order valence-corrected chi connectivity index (χ4v) is 2.65. The normalized spacial score (nSPS) is 24.7. The standard InChI is InChI=1S/C14H20O2/c1-10-4-3-5-14(16-2)13(10)9-11-6-7-12(15)8-11/h3-5,11-12,15H,6-9H2,1-2H3. The fraction of sp³-hybridized carbons (Fsp3) is 0.571. The van der Waals surface area contributed by atoms with E-state index in [0.717, 1.165) is 31.4 Å². The molecule has 1 fully saturated rings. The zero-order valence-electron chi connectivity index (χ0n) is 10.1. The molecule has 0 saturated heterocycles. The zero-order valence-corrected chi connectivity index (χ0v) is 10.1. The molecule has 0 aliphatic heterocycles. The highest BCUT2D eigenvalue weighted by Crippen LogP contribution is 2.32. The molecule has 1 aliphatic carbocycles. The molecule has 0 radical (unpaired) electrons. The Labute approximate surface area is 97.3 Å². The number of hydrogen-bond acceptors (Lipinski definition) is 2. The lowest BCUT2D eigenvalue weighted by molar-refractivity contribution is 0.177. The summed E-state index contributed by atoms with van der Waals surface area (Å²) in [6.07, 6.45) is 3.99. The number of aliphatic hydroxyl groups is 1. The highest BCUT2D eigenvalue weighted by Gasteiger charge is 2.24. The van der Waals surface area contributed by atoms with Gasteiger partial charge in [-0.05, 0) is 55.7 Å². The fourth-order valence-electron chi connectivity index (χ4n) is 2.65. The summed E-state index contributed by atoms with van der Waals surface area (Å²) in [4.78, 5) is 0. The topological polar surface area (TPSA) is 29.5 Å². The highest BCUT2D eigenvalue weighted by atomic mass is 16.5. The van der Waals surface area contributed by atoms with Crippen LogP contribution in [0.25, 0.3) is 0 Å². The zero-order chi connectivity index (χ0) is 11.5. The van der Waals surface area contributed by atoms with E-state index in [-0.39, 0.29) is 6.10 Å². The van der Waals surface area contributed by atoms with E-state index in [2.05, 4.69) is 13.0 Å². The van der Waals surface area contributed by atoms with Crippen molar-refractivity contribution < 1.29 is 9.84 Å². The Morgan fingerprint density at radius 3 is 2.81 bits per heavy atom. The molecule has 0 aromatic heterocycles. The summed E-state index contributed by atoms with van der Waals surface area (Å²) in [5.74, 6) is 1.60. The van der Waals surface area contributed by atoms with Gasteiger partial charge in [0.1, 0.15) is 5.75 Å². The third-order valence-electron chi connectivity index (χ3n) is 3.59. The van der Waals surface area contributed by atoms with Gasteiger partial charge in [-0.1, -0.05) is 12.1 Å². The van der Waals surface area contributed by atoms with Gasteiger partial charge < -0.3 is 9.84 Å². The van der Waals surface area contributed by atoms with Crippen molar-refractivity contribution in [2.24, 2.45) is 5.92 Å². The second kappa shape index (κ2) is 4.88. The number of benzene rings is 1. The Morgan fingerprint density at radius 1 is 1.38 bits per heavy atom. The molecule has 88 valence electrons. The molecule has 1 aromatic carbocycles. The number of rotatable bonds is 3. The molecule has 2 unspecified atom stereocenters. The third kappa shape index (κ3) is 2.38. The van der Waals surface area contributed by atoms with E-state index < -0.39 is 0 Å². The maximum absolute atomic E-state index is 9.54. The second-order valence-corrected chi connectivity index (χ2v) is 4.79. The van der Waals surface area contributed by atoms with Crippen molar-refractivity contribution >= 4 is 0 Å². The molecule has 1 aromatic rings. The molecule has 0 amide bonds. The summed E-state index contributed by atoms with van der Waals surface area (Å²) in [5, 5.41) is 9.54. The summed E-state index contributed by atoms with van der Waals surface area (Å²) in [5.41, 5.74) is 2.60. The molecular weight excluding hydrogens is 200 g/mol. The first-order valence-electron chi connectivity index (χ1n) is 6.01. The van der Waals surface area contributed by atoms with Crippen LogP contribution in [-0.2, 0) is 6.42 Å². The van der Waals surface area contributed by atoms with E-state index in [0.29, 0.717) is 5.92 Å². The van der Waals surface area contributed by atoms with Crippen LogP contribution in [0.2, 0.25) is 0 Å². The summed E-state index contributed by atoms with van der Waals surface area (Å²) in [6.45, 7) is 2.13. The van der Waals surface area contributed by atoms with Crippen molar-refractivity contribution in [3.63, 3.8) is 0 Å². The van der Waals surface area contributed by atoms with E-state index in [9.17, 15) is 5.11 Å². The average Bonchev–Trinajstić information content (AvgIpc) is 2.67. The highest BCUT2D eigenvalue weighted by molar-refractivity contribution is 5.39. The van der Waals surface area contributed by atoms with Crippen LogP contribution in [0.5, 0.6) is 5.75 Å². The van der Waals surface area contributed by atoms with Gasteiger partial charge in [0.2, 0.25) is 0 Å². The van der Waals surface area contributed by atoms with Crippen LogP contribution in [-0.4, -0.2) is 18.3 Å². The first kappa shape index (κ1) is 11.5. The number of aryl methyl sites for hydroxylation is 1. The molecular formula is C14H20O2. The number of hydrogen-bond donors (Lipinski definition) is 1. The van der Waals surface area contributed by atoms with E-state index in [1.54, 1.807) is 7.11 Å². The molecule has 0 heterocycles. The van der Waals surface area contributed by atoms with Gasteiger partial charge in [0.05, 0.1) is 13.2 Å². The van der Waals surface area contributed by atoms with Gasteiger partial charge in [-0.25, -0.2) is 0 Å². The van der Waals surface area contributed by atoms with Gasteiger partial charge in [-0.2, -0.15) is 0 Å². The van der Waals surface area contributed by atoms with Gasteiger partial charge in [0, 0.05) is 0 Å². The van der Waals surface area contributed by atoms with Gasteiger partial charge in [-0.3, -0.25) is 0 Å². The minimum Gasteiger partial charge on any atom is -0.496 e. The summed E-state index contributed by atoms with van der Waals surface area (Å²) in [7, 11) is 1.72. The number of ether oxygens (including phenoxy) is 1. The molecule has 2 rings (SSSR count). The van der Waals surface area contributed by atoms with Crippen molar-refractivity contribution in [1.82, 2.24) is 0 Å². The monoisotopic (exact) mass is 220 g/mol. The maximum atomic E-state index is 9.54. The Hall–Kier alpha value is -1.02. The summed E-state index contributed by atoms with van der Waals surface area (Å²) >= 11 is 0. The van der Waals surface area contributed by atoms with Gasteiger partial charge in [0.15, 0.2) is 0 Å². The molecule has 2 heteroatoms. The van der Waals surface area contributed by atoms with Crippen LogP contribution in [0.15, 0.2) is 18.2 Å². The SMILES string of the molecule is COc1cccc(C)c1CC1CCC(O)C1. The lowest BCUT2D eigenvalue weighted by Gasteiger charge is -2.15. The van der Waals surface area contributed by atoms with Gasteiger partial charge >= 0.3 is 0 Å². The minimum atomic E-state index is -0.0833. The van der Waals surface area contributed by atoms with Crippen molar-refractivity contribution in [3.05, 3.63) is 29.3 Å². The van der Waals surface area contributed by atoms with Crippen LogP contribution in [0, 0.1) is 12.8 Å². The van der Waals surface area contributed by atoms with Crippen LogP contribution >= 0.6 is 0 Å². The molecule has 16 heavy (non-hydrogen) atoms. The van der Waals surface area contributed by atoms with E-state index in [4.69, 9.17) is 4.74 Å². The largest absolute Gasteiger partial charge is 0.496 e. The Balaban J connectivity index is 2.14. The molecule has 1 saturated carbocycles. The Morgan fingerprint density at radius 2 is 2.19 bits per heavy atom. The summed E-state index contributed by atoms with van der Waals surface area (Å²) in [6, 6.07) is 6.18.